The molecule has 26 heavy (non-hydrogen) atoms. The molecule has 1 heterocycles. The number of nitrogen functional groups attached to an aromatic ring is 1. The molecule has 1 aliphatic rings. The summed E-state index contributed by atoms with van der Waals surface area (Å²) in [6, 6.07) is 8.80. The lowest BCUT2D eigenvalue weighted by atomic mass is 10.1. The van der Waals surface area contributed by atoms with Gasteiger partial charge < -0.3 is 24.8 Å². The molecule has 0 saturated carbocycles. The van der Waals surface area contributed by atoms with E-state index in [0.29, 0.717) is 38.5 Å². The minimum Gasteiger partial charge on any atom is -0.492 e. The molecule has 2 N–H and O–H groups in total. The van der Waals surface area contributed by atoms with Gasteiger partial charge in [-0.3, -0.25) is 4.79 Å². The Morgan fingerprint density at radius 3 is 2.73 bits per heavy atom. The molecule has 0 saturated heterocycles. The minimum atomic E-state index is -0.159. The second kappa shape index (κ2) is 7.29. The summed E-state index contributed by atoms with van der Waals surface area (Å²) in [6.07, 6.45) is 1.70. The number of nitrogens with two attached hydrogens (primary N) is 1. The number of hydrogen-bond donors (Lipinski definition) is 1. The maximum Gasteiger partial charge on any atom is 0.231 e. The molecule has 136 valence electrons. The highest BCUT2D eigenvalue weighted by Gasteiger charge is 2.22. The first-order valence-electron chi connectivity index (χ1n) is 7.87. The van der Waals surface area contributed by atoms with E-state index in [9.17, 15) is 4.79 Å². The van der Waals surface area contributed by atoms with Crippen molar-refractivity contribution >= 4 is 39.2 Å². The van der Waals surface area contributed by atoms with Crippen LogP contribution in [0.1, 0.15) is 15.9 Å². The summed E-state index contributed by atoms with van der Waals surface area (Å²) in [4.78, 5) is 14.7. The zero-order valence-corrected chi connectivity index (χ0v) is 16.3. The predicted octanol–water partition coefficient (Wildman–Crippen LogP) is 3.69. The standard InChI is InChI=1S/C19H19BrN2O4/c1-22(2)15-9-11(4-6-14(15)21)17(23)13(20)8-12-5-7-16-19(18(12)24-3)26-10-25-16/h4-9H,10,21H2,1-3H3. The third-order valence-electron chi connectivity index (χ3n) is 4.00. The largest absolute Gasteiger partial charge is 0.492 e. The lowest BCUT2D eigenvalue weighted by Gasteiger charge is -2.16. The number of methoxy groups -OCH3 is 1. The number of ether oxygens (including phenoxy) is 3. The lowest BCUT2D eigenvalue weighted by molar-refractivity contribution is 0.104. The first-order valence-corrected chi connectivity index (χ1v) is 8.67. The van der Waals surface area contributed by atoms with Gasteiger partial charge in [-0.25, -0.2) is 0 Å². The SMILES string of the molecule is COc1c(C=C(Br)C(=O)c2ccc(N)c(N(C)C)c2)ccc2c1OCO2. The van der Waals surface area contributed by atoms with Gasteiger partial charge in [-0.15, -0.1) is 0 Å². The van der Waals surface area contributed by atoms with Crippen molar-refractivity contribution in [1.29, 1.82) is 0 Å². The van der Waals surface area contributed by atoms with E-state index in [1.807, 2.05) is 25.1 Å². The highest BCUT2D eigenvalue weighted by molar-refractivity contribution is 9.12. The zero-order valence-electron chi connectivity index (χ0n) is 14.7. The van der Waals surface area contributed by atoms with E-state index in [4.69, 9.17) is 19.9 Å². The van der Waals surface area contributed by atoms with Gasteiger partial charge in [0.2, 0.25) is 12.5 Å². The average molecular weight is 419 g/mol. The first-order chi connectivity index (χ1) is 12.4. The van der Waals surface area contributed by atoms with Crippen LogP contribution < -0.4 is 24.8 Å². The van der Waals surface area contributed by atoms with Crippen LogP contribution in [0.3, 0.4) is 0 Å². The fourth-order valence-corrected chi connectivity index (χ4v) is 3.17. The van der Waals surface area contributed by atoms with Gasteiger partial charge in [0.1, 0.15) is 0 Å². The summed E-state index contributed by atoms with van der Waals surface area (Å²) in [7, 11) is 5.30. The van der Waals surface area contributed by atoms with E-state index in [0.717, 1.165) is 5.69 Å². The van der Waals surface area contributed by atoms with E-state index in [1.54, 1.807) is 37.5 Å². The van der Waals surface area contributed by atoms with E-state index in [1.165, 1.54) is 0 Å². The van der Waals surface area contributed by atoms with Crippen LogP contribution in [0.5, 0.6) is 17.2 Å². The van der Waals surface area contributed by atoms with Crippen LogP contribution in [0.25, 0.3) is 6.08 Å². The number of ketones is 1. The number of carbonyl (C=O) groups excluding carboxylic acids is 1. The maximum atomic E-state index is 12.8. The number of benzene rings is 2. The molecule has 0 atom stereocenters. The second-order valence-corrected chi connectivity index (χ2v) is 6.77. The molecule has 0 spiro atoms. The van der Waals surface area contributed by atoms with Crippen LogP contribution in [-0.4, -0.2) is 33.8 Å². The van der Waals surface area contributed by atoms with Gasteiger partial charge in [-0.05, 0) is 52.3 Å². The first kappa shape index (κ1) is 18.1. The van der Waals surface area contributed by atoms with Gasteiger partial charge in [-0.2, -0.15) is 0 Å². The molecular weight excluding hydrogens is 400 g/mol. The molecule has 1 aliphatic heterocycles. The third kappa shape index (κ3) is 3.35. The van der Waals surface area contributed by atoms with Crippen molar-refractivity contribution in [3.63, 3.8) is 0 Å². The highest BCUT2D eigenvalue weighted by atomic mass is 79.9. The van der Waals surface area contributed by atoms with Crippen LogP contribution in [0.15, 0.2) is 34.8 Å². The number of allylic oxidation sites excluding steroid dienone is 1. The Bertz CT molecular complexity index is 893. The molecule has 0 amide bonds. The molecule has 0 aliphatic carbocycles. The molecule has 0 bridgehead atoms. The monoisotopic (exact) mass is 418 g/mol. The van der Waals surface area contributed by atoms with Crippen molar-refractivity contribution in [3.8, 4) is 17.2 Å². The number of anilines is 2. The van der Waals surface area contributed by atoms with Gasteiger partial charge in [0.05, 0.1) is 23.0 Å². The van der Waals surface area contributed by atoms with Gasteiger partial charge in [0.25, 0.3) is 0 Å². The quantitative estimate of drug-likeness (QED) is 0.453. The van der Waals surface area contributed by atoms with Crippen molar-refractivity contribution in [2.75, 3.05) is 38.6 Å². The number of halogens is 1. The summed E-state index contributed by atoms with van der Waals surface area (Å²) in [6.45, 7) is 0.151. The van der Waals surface area contributed by atoms with E-state index in [-0.39, 0.29) is 12.6 Å². The summed E-state index contributed by atoms with van der Waals surface area (Å²) in [5, 5.41) is 0. The summed E-state index contributed by atoms with van der Waals surface area (Å²) in [5.74, 6) is 1.52. The van der Waals surface area contributed by atoms with Gasteiger partial charge in [-0.1, -0.05) is 0 Å². The molecule has 7 heteroatoms. The second-order valence-electron chi connectivity index (χ2n) is 5.91. The number of carbonyl (C=O) groups is 1. The number of Topliss-reactive ketones (excluding diaryl/α,β-unsaturated/α-hetero) is 1. The van der Waals surface area contributed by atoms with Crippen molar-refractivity contribution in [3.05, 3.63) is 45.9 Å². The normalized spacial score (nSPS) is 12.8. The fourth-order valence-electron chi connectivity index (χ4n) is 2.70. The number of fused-ring (bicyclic) bond motifs is 1. The van der Waals surface area contributed by atoms with Crippen LogP contribution in [0, 0.1) is 0 Å². The lowest BCUT2D eigenvalue weighted by Crippen LogP contribution is -2.12. The Morgan fingerprint density at radius 1 is 1.27 bits per heavy atom. The molecule has 6 nitrogen and oxygen atoms in total. The highest BCUT2D eigenvalue weighted by Crippen LogP contribution is 2.44. The van der Waals surface area contributed by atoms with Gasteiger partial charge >= 0.3 is 0 Å². The summed E-state index contributed by atoms with van der Waals surface area (Å²) < 4.78 is 16.6. The number of hydrogen-bond acceptors (Lipinski definition) is 6. The smallest absolute Gasteiger partial charge is 0.231 e. The van der Waals surface area contributed by atoms with Gasteiger partial charge in [0.15, 0.2) is 17.3 Å². The molecule has 2 aromatic rings. The minimum absolute atomic E-state index is 0.151. The van der Waals surface area contributed by atoms with Crippen LogP contribution >= 0.6 is 15.9 Å². The fraction of sp³-hybridized carbons (Fsp3) is 0.211. The molecule has 0 fully saturated rings. The Balaban J connectivity index is 1.96. The average Bonchev–Trinajstić information content (AvgIpc) is 3.09. The molecule has 0 unspecified atom stereocenters. The number of rotatable bonds is 5. The van der Waals surface area contributed by atoms with E-state index < -0.39 is 0 Å². The van der Waals surface area contributed by atoms with Crippen molar-refractivity contribution in [2.24, 2.45) is 0 Å². The Kier molecular flexibility index (Phi) is 5.08. The zero-order chi connectivity index (χ0) is 18.8. The maximum absolute atomic E-state index is 12.8. The number of nitrogens with zero attached hydrogens (tertiary/aromatic N) is 1. The van der Waals surface area contributed by atoms with Crippen LogP contribution in [-0.2, 0) is 0 Å². The molecule has 2 aromatic carbocycles. The summed E-state index contributed by atoms with van der Waals surface area (Å²) >= 11 is 3.38. The molecule has 3 rings (SSSR count). The van der Waals surface area contributed by atoms with E-state index >= 15 is 0 Å². The summed E-state index contributed by atoms with van der Waals surface area (Å²) in [5.41, 5.74) is 8.60. The molecular formula is C19H19BrN2O4. The Hall–Kier alpha value is -2.67. The van der Waals surface area contributed by atoms with Crippen LogP contribution in [0.4, 0.5) is 11.4 Å². The van der Waals surface area contributed by atoms with Gasteiger partial charge in [0, 0.05) is 25.2 Å². The van der Waals surface area contributed by atoms with Crippen molar-refractivity contribution in [2.45, 2.75) is 0 Å². The molecule has 0 aromatic heterocycles. The topological polar surface area (TPSA) is 74.0 Å². The Labute approximate surface area is 160 Å². The van der Waals surface area contributed by atoms with Crippen molar-refractivity contribution in [1.82, 2.24) is 0 Å². The Morgan fingerprint density at radius 2 is 2.04 bits per heavy atom. The molecule has 0 radical (unpaired) electrons. The van der Waals surface area contributed by atoms with E-state index in [2.05, 4.69) is 15.9 Å². The third-order valence-corrected chi connectivity index (χ3v) is 4.59. The van der Waals surface area contributed by atoms with Crippen molar-refractivity contribution < 1.29 is 19.0 Å². The predicted molar refractivity (Wildman–Crippen MR) is 106 cm³/mol. The van der Waals surface area contributed by atoms with Crippen LogP contribution in [0.2, 0.25) is 0 Å².